The van der Waals surface area contributed by atoms with Crippen LogP contribution in [0.1, 0.15) is 44.5 Å². The zero-order valence-electron chi connectivity index (χ0n) is 18.7. The molecule has 2 aromatic rings. The van der Waals surface area contributed by atoms with Gasteiger partial charge in [-0.05, 0) is 12.0 Å². The third kappa shape index (κ3) is 7.48. The Balaban J connectivity index is 0.00000341. The molecule has 0 radical (unpaired) electrons. The maximum absolute atomic E-state index is 12.3. The fourth-order valence-corrected chi connectivity index (χ4v) is 3.37. The quantitative estimate of drug-likeness (QED) is 0.319. The molecule has 2 N–H and O–H groups in total. The smallest absolute Gasteiger partial charge is 0.232 e. The van der Waals surface area contributed by atoms with Gasteiger partial charge in [-0.1, -0.05) is 56.3 Å². The molecular weight excluding hydrogens is 507 g/mol. The van der Waals surface area contributed by atoms with E-state index in [0.717, 1.165) is 19.5 Å². The summed E-state index contributed by atoms with van der Waals surface area (Å²) in [6.07, 6.45) is 1.45. The summed E-state index contributed by atoms with van der Waals surface area (Å²) in [6.45, 7) is 8.74. The Morgan fingerprint density at radius 3 is 2.65 bits per heavy atom. The summed E-state index contributed by atoms with van der Waals surface area (Å²) in [6, 6.07) is 10.3. The first-order chi connectivity index (χ1) is 14.3. The first-order valence-corrected chi connectivity index (χ1v) is 10.4. The Morgan fingerprint density at radius 2 is 2.00 bits per heavy atom. The number of hydrogen-bond donors (Lipinski definition) is 2. The van der Waals surface area contributed by atoms with Crippen molar-refractivity contribution in [3.63, 3.8) is 0 Å². The van der Waals surface area contributed by atoms with Crippen molar-refractivity contribution in [2.24, 2.45) is 10.9 Å². The van der Waals surface area contributed by atoms with E-state index in [1.54, 1.807) is 7.05 Å². The predicted molar refractivity (Wildman–Crippen MR) is 131 cm³/mol. The van der Waals surface area contributed by atoms with E-state index in [-0.39, 0.29) is 41.2 Å². The lowest BCUT2D eigenvalue weighted by Crippen LogP contribution is -2.40. The van der Waals surface area contributed by atoms with E-state index in [9.17, 15) is 4.79 Å². The fourth-order valence-electron chi connectivity index (χ4n) is 3.37. The molecule has 0 bridgehead atoms. The Bertz CT molecular complexity index is 862. The Morgan fingerprint density at radius 1 is 1.26 bits per heavy atom. The molecule has 2 heterocycles. The molecule has 0 aliphatic carbocycles. The minimum atomic E-state index is -0.174. The number of guanidine groups is 1. The van der Waals surface area contributed by atoms with Gasteiger partial charge in [0, 0.05) is 44.4 Å². The topological polar surface area (TPSA) is 95.6 Å². The molecule has 1 atom stereocenters. The lowest BCUT2D eigenvalue weighted by Gasteiger charge is -2.17. The van der Waals surface area contributed by atoms with Crippen LogP contribution in [-0.2, 0) is 23.2 Å². The lowest BCUT2D eigenvalue weighted by molar-refractivity contribution is -0.127. The number of aromatic nitrogens is 2. The van der Waals surface area contributed by atoms with E-state index in [1.165, 1.54) is 5.56 Å². The SMILES string of the molecule is CN=C(NCc1noc(C(C)(C)C)n1)NCC1CC(=O)N(CCc2ccccc2)C1.I. The number of amides is 1. The van der Waals surface area contributed by atoms with E-state index in [2.05, 4.69) is 37.9 Å². The first-order valence-electron chi connectivity index (χ1n) is 10.4. The highest BCUT2D eigenvalue weighted by atomic mass is 127. The van der Waals surface area contributed by atoms with Crippen molar-refractivity contribution < 1.29 is 9.32 Å². The van der Waals surface area contributed by atoms with E-state index in [1.807, 2.05) is 43.9 Å². The zero-order valence-corrected chi connectivity index (χ0v) is 21.1. The number of aliphatic imine (C=N–C) groups is 1. The molecule has 1 unspecified atom stereocenters. The van der Waals surface area contributed by atoms with Gasteiger partial charge in [-0.25, -0.2) is 0 Å². The summed E-state index contributed by atoms with van der Waals surface area (Å²) in [5, 5.41) is 10.5. The van der Waals surface area contributed by atoms with Crippen LogP contribution in [0.3, 0.4) is 0 Å². The summed E-state index contributed by atoms with van der Waals surface area (Å²) in [5.41, 5.74) is 1.08. The maximum Gasteiger partial charge on any atom is 0.232 e. The van der Waals surface area contributed by atoms with Crippen molar-refractivity contribution in [1.29, 1.82) is 0 Å². The van der Waals surface area contributed by atoms with E-state index in [4.69, 9.17) is 4.52 Å². The van der Waals surface area contributed by atoms with Crippen LogP contribution in [0.2, 0.25) is 0 Å². The second-order valence-corrected chi connectivity index (χ2v) is 8.72. The van der Waals surface area contributed by atoms with Gasteiger partial charge in [-0.2, -0.15) is 4.98 Å². The lowest BCUT2D eigenvalue weighted by atomic mass is 9.97. The molecule has 9 heteroatoms. The van der Waals surface area contributed by atoms with Crippen molar-refractivity contribution in [3.8, 4) is 0 Å². The number of benzene rings is 1. The van der Waals surface area contributed by atoms with Gasteiger partial charge < -0.3 is 20.1 Å². The van der Waals surface area contributed by atoms with Crippen molar-refractivity contribution in [2.75, 3.05) is 26.7 Å². The van der Waals surface area contributed by atoms with Gasteiger partial charge in [0.1, 0.15) is 0 Å². The van der Waals surface area contributed by atoms with Gasteiger partial charge in [0.25, 0.3) is 0 Å². The van der Waals surface area contributed by atoms with Crippen LogP contribution in [0.25, 0.3) is 0 Å². The fraction of sp³-hybridized carbons (Fsp3) is 0.545. The molecule has 3 rings (SSSR count). The molecule has 170 valence electrons. The Kier molecular flexibility index (Phi) is 9.27. The normalized spacial score (nSPS) is 16.9. The Labute approximate surface area is 201 Å². The van der Waals surface area contributed by atoms with Crippen LogP contribution in [0, 0.1) is 5.92 Å². The standard InChI is InChI=1S/C22H32N6O2.HI/c1-22(2,3)20-26-18(27-30-20)14-25-21(23-4)24-13-17-12-19(29)28(15-17)11-10-16-8-6-5-7-9-16;/h5-9,17H,10-15H2,1-4H3,(H2,23,24,25);1H. The van der Waals surface area contributed by atoms with Crippen molar-refractivity contribution in [1.82, 2.24) is 25.7 Å². The summed E-state index contributed by atoms with van der Waals surface area (Å²) >= 11 is 0. The Hall–Kier alpha value is -2.17. The average molecular weight is 540 g/mol. The van der Waals surface area contributed by atoms with Gasteiger partial charge in [-0.15, -0.1) is 24.0 Å². The number of rotatable bonds is 7. The summed E-state index contributed by atoms with van der Waals surface area (Å²) in [7, 11) is 1.72. The van der Waals surface area contributed by atoms with Crippen molar-refractivity contribution >= 4 is 35.8 Å². The molecule has 31 heavy (non-hydrogen) atoms. The number of carbonyl (C=O) groups is 1. The summed E-state index contributed by atoms with van der Waals surface area (Å²) < 4.78 is 5.31. The van der Waals surface area contributed by atoms with E-state index in [0.29, 0.717) is 37.2 Å². The predicted octanol–water partition coefficient (Wildman–Crippen LogP) is 2.74. The second-order valence-electron chi connectivity index (χ2n) is 8.72. The molecule has 1 aliphatic heterocycles. The number of carbonyl (C=O) groups excluding carboxylic acids is 1. The molecule has 0 saturated carbocycles. The van der Waals surface area contributed by atoms with Gasteiger partial charge in [0.2, 0.25) is 11.8 Å². The third-order valence-corrected chi connectivity index (χ3v) is 5.11. The summed E-state index contributed by atoms with van der Waals surface area (Å²) in [4.78, 5) is 23.0. The number of likely N-dealkylation sites (tertiary alicyclic amines) is 1. The summed E-state index contributed by atoms with van der Waals surface area (Å²) in [5.74, 6) is 2.35. The monoisotopic (exact) mass is 540 g/mol. The number of halogens is 1. The highest BCUT2D eigenvalue weighted by Crippen LogP contribution is 2.19. The maximum atomic E-state index is 12.3. The number of hydrogen-bond acceptors (Lipinski definition) is 5. The zero-order chi connectivity index (χ0) is 21.6. The highest BCUT2D eigenvalue weighted by Gasteiger charge is 2.29. The third-order valence-electron chi connectivity index (χ3n) is 5.11. The molecule has 8 nitrogen and oxygen atoms in total. The van der Waals surface area contributed by atoms with Crippen LogP contribution in [0.15, 0.2) is 39.8 Å². The molecule has 1 aliphatic rings. The van der Waals surface area contributed by atoms with Crippen LogP contribution in [0.5, 0.6) is 0 Å². The van der Waals surface area contributed by atoms with Crippen LogP contribution in [0.4, 0.5) is 0 Å². The first kappa shape index (κ1) is 25.1. The molecule has 1 aromatic heterocycles. The second kappa shape index (κ2) is 11.4. The van der Waals surface area contributed by atoms with Gasteiger partial charge in [-0.3, -0.25) is 9.79 Å². The van der Waals surface area contributed by atoms with Gasteiger partial charge >= 0.3 is 0 Å². The van der Waals surface area contributed by atoms with Crippen molar-refractivity contribution in [3.05, 3.63) is 47.6 Å². The molecule has 1 aromatic carbocycles. The number of nitrogens with zero attached hydrogens (tertiary/aromatic N) is 4. The largest absolute Gasteiger partial charge is 0.356 e. The minimum absolute atomic E-state index is 0. The molecule has 1 saturated heterocycles. The van der Waals surface area contributed by atoms with Crippen LogP contribution in [-0.4, -0.2) is 53.6 Å². The minimum Gasteiger partial charge on any atom is -0.356 e. The van der Waals surface area contributed by atoms with Crippen molar-refractivity contribution in [2.45, 2.75) is 45.6 Å². The molecule has 1 amide bonds. The van der Waals surface area contributed by atoms with Gasteiger partial charge in [0.05, 0.1) is 6.54 Å². The van der Waals surface area contributed by atoms with E-state index < -0.39 is 0 Å². The van der Waals surface area contributed by atoms with Crippen LogP contribution >= 0.6 is 24.0 Å². The highest BCUT2D eigenvalue weighted by molar-refractivity contribution is 14.0. The van der Waals surface area contributed by atoms with E-state index >= 15 is 0 Å². The average Bonchev–Trinajstić information content (AvgIpc) is 3.34. The van der Waals surface area contributed by atoms with Crippen LogP contribution < -0.4 is 10.6 Å². The molecular formula is C22H33IN6O2. The molecule has 1 fully saturated rings. The van der Waals surface area contributed by atoms with Gasteiger partial charge in [0.15, 0.2) is 11.8 Å². The molecule has 0 spiro atoms. The number of nitrogens with one attached hydrogen (secondary N) is 2.